The highest BCUT2D eigenvalue weighted by Gasteiger charge is 2.15. The van der Waals surface area contributed by atoms with Crippen molar-refractivity contribution >= 4 is 27.5 Å². The van der Waals surface area contributed by atoms with Crippen LogP contribution in [0, 0.1) is 6.92 Å². The molecule has 0 fully saturated rings. The van der Waals surface area contributed by atoms with Gasteiger partial charge in [-0.2, -0.15) is 0 Å². The van der Waals surface area contributed by atoms with Gasteiger partial charge in [0.05, 0.1) is 5.56 Å². The number of rotatable bonds is 3. The highest BCUT2D eigenvalue weighted by atomic mass is 79.9. The minimum atomic E-state index is -0.0503. The molecular weight excluding hydrogens is 316 g/mol. The number of aryl methyl sites for hydroxylation is 1. The van der Waals surface area contributed by atoms with E-state index < -0.39 is 0 Å². The Morgan fingerprint density at radius 1 is 1.25 bits per heavy atom. The van der Waals surface area contributed by atoms with Gasteiger partial charge < -0.3 is 10.6 Å². The number of benzene rings is 2. The molecule has 104 valence electrons. The summed E-state index contributed by atoms with van der Waals surface area (Å²) in [7, 11) is 1.79. The summed E-state index contributed by atoms with van der Waals surface area (Å²) in [5.74, 6) is -0.0503. The van der Waals surface area contributed by atoms with Gasteiger partial charge in [0.15, 0.2) is 0 Å². The van der Waals surface area contributed by atoms with Crippen molar-refractivity contribution in [2.75, 3.05) is 12.8 Å². The highest BCUT2D eigenvalue weighted by Crippen LogP contribution is 2.21. The third-order valence-corrected chi connectivity index (χ3v) is 3.76. The van der Waals surface area contributed by atoms with Crippen LogP contribution in [-0.4, -0.2) is 17.9 Å². The number of carbonyl (C=O) groups is 1. The number of amides is 1. The molecule has 0 saturated heterocycles. The molecule has 0 radical (unpaired) electrons. The number of nitrogen functional groups attached to an aromatic ring is 1. The van der Waals surface area contributed by atoms with E-state index in [0.29, 0.717) is 17.8 Å². The van der Waals surface area contributed by atoms with Gasteiger partial charge in [-0.1, -0.05) is 29.8 Å². The summed E-state index contributed by atoms with van der Waals surface area (Å²) >= 11 is 3.39. The molecule has 0 aliphatic rings. The molecule has 3 nitrogen and oxygen atoms in total. The van der Waals surface area contributed by atoms with Crippen LogP contribution in [0.15, 0.2) is 46.9 Å². The van der Waals surface area contributed by atoms with Gasteiger partial charge in [-0.15, -0.1) is 0 Å². The van der Waals surface area contributed by atoms with Crippen molar-refractivity contribution in [2.24, 2.45) is 0 Å². The fraction of sp³-hybridized carbons (Fsp3) is 0.188. The molecular formula is C16H17BrN2O. The average Bonchev–Trinajstić information content (AvgIpc) is 2.40. The number of anilines is 1. The van der Waals surface area contributed by atoms with Gasteiger partial charge >= 0.3 is 0 Å². The van der Waals surface area contributed by atoms with Crippen molar-refractivity contribution < 1.29 is 4.79 Å². The van der Waals surface area contributed by atoms with Crippen LogP contribution in [0.5, 0.6) is 0 Å². The molecule has 0 bridgehead atoms. The number of hydrogen-bond donors (Lipinski definition) is 1. The molecule has 4 heteroatoms. The summed E-state index contributed by atoms with van der Waals surface area (Å²) in [5.41, 5.74) is 9.21. The molecule has 2 rings (SSSR count). The summed E-state index contributed by atoms with van der Waals surface area (Å²) in [6.45, 7) is 2.61. The predicted octanol–water partition coefficient (Wildman–Crippen LogP) is 3.61. The number of nitrogens with two attached hydrogens (primary N) is 1. The van der Waals surface area contributed by atoms with E-state index in [2.05, 4.69) is 22.0 Å². The lowest BCUT2D eigenvalue weighted by Crippen LogP contribution is -2.26. The minimum absolute atomic E-state index is 0.0503. The van der Waals surface area contributed by atoms with Crippen molar-refractivity contribution in [1.82, 2.24) is 4.90 Å². The van der Waals surface area contributed by atoms with Crippen LogP contribution in [0.2, 0.25) is 0 Å². The van der Waals surface area contributed by atoms with Crippen molar-refractivity contribution in [3.8, 4) is 0 Å². The van der Waals surface area contributed by atoms with Crippen molar-refractivity contribution in [1.29, 1.82) is 0 Å². The summed E-state index contributed by atoms with van der Waals surface area (Å²) in [4.78, 5) is 14.1. The monoisotopic (exact) mass is 332 g/mol. The molecule has 0 saturated carbocycles. The quantitative estimate of drug-likeness (QED) is 0.872. The summed E-state index contributed by atoms with van der Waals surface area (Å²) < 4.78 is 0.757. The van der Waals surface area contributed by atoms with Gasteiger partial charge in [-0.25, -0.2) is 0 Å². The molecule has 0 atom stereocenters. The van der Waals surface area contributed by atoms with Gasteiger partial charge in [0.25, 0.3) is 5.91 Å². The Morgan fingerprint density at radius 3 is 2.70 bits per heavy atom. The minimum Gasteiger partial charge on any atom is -0.399 e. The van der Waals surface area contributed by atoms with Crippen molar-refractivity contribution in [2.45, 2.75) is 13.5 Å². The molecule has 2 aromatic rings. The smallest absolute Gasteiger partial charge is 0.255 e. The van der Waals surface area contributed by atoms with Crippen LogP contribution in [0.3, 0.4) is 0 Å². The number of halogens is 1. The van der Waals surface area contributed by atoms with E-state index in [0.717, 1.165) is 10.0 Å². The number of hydrogen-bond acceptors (Lipinski definition) is 2. The molecule has 0 aromatic heterocycles. The maximum absolute atomic E-state index is 12.4. The van der Waals surface area contributed by atoms with E-state index in [1.807, 2.05) is 25.1 Å². The SMILES string of the molecule is Cc1cccc(CN(C)C(=O)c2cc(N)ccc2Br)c1. The molecule has 0 heterocycles. The zero-order valence-electron chi connectivity index (χ0n) is 11.6. The van der Waals surface area contributed by atoms with E-state index in [9.17, 15) is 4.79 Å². The molecule has 0 unspecified atom stereocenters. The molecule has 0 spiro atoms. The fourth-order valence-electron chi connectivity index (χ4n) is 2.07. The average molecular weight is 333 g/mol. The molecule has 1 amide bonds. The second-order valence-electron chi connectivity index (χ2n) is 4.89. The Labute approximate surface area is 127 Å². The fourth-order valence-corrected chi connectivity index (χ4v) is 2.48. The van der Waals surface area contributed by atoms with Gasteiger partial charge in [0.1, 0.15) is 0 Å². The lowest BCUT2D eigenvalue weighted by molar-refractivity contribution is 0.0784. The van der Waals surface area contributed by atoms with E-state index in [1.54, 1.807) is 30.1 Å². The van der Waals surface area contributed by atoms with Gasteiger partial charge in [0.2, 0.25) is 0 Å². The molecule has 0 aliphatic carbocycles. The lowest BCUT2D eigenvalue weighted by atomic mass is 10.1. The first-order valence-electron chi connectivity index (χ1n) is 6.33. The van der Waals surface area contributed by atoms with Crippen molar-refractivity contribution in [3.63, 3.8) is 0 Å². The van der Waals surface area contributed by atoms with Gasteiger partial charge in [-0.05, 0) is 46.6 Å². The van der Waals surface area contributed by atoms with Crippen LogP contribution < -0.4 is 5.73 Å². The molecule has 0 aliphatic heterocycles. The normalized spacial score (nSPS) is 10.3. The van der Waals surface area contributed by atoms with Crippen molar-refractivity contribution in [3.05, 3.63) is 63.6 Å². The zero-order chi connectivity index (χ0) is 14.7. The summed E-state index contributed by atoms with van der Waals surface area (Å²) in [5, 5.41) is 0. The van der Waals surface area contributed by atoms with Crippen LogP contribution in [0.25, 0.3) is 0 Å². The second-order valence-corrected chi connectivity index (χ2v) is 5.74. The topological polar surface area (TPSA) is 46.3 Å². The first-order valence-corrected chi connectivity index (χ1v) is 7.12. The van der Waals surface area contributed by atoms with Gasteiger partial charge in [-0.3, -0.25) is 4.79 Å². The third kappa shape index (κ3) is 3.39. The Kier molecular flexibility index (Phi) is 4.45. The highest BCUT2D eigenvalue weighted by molar-refractivity contribution is 9.10. The van der Waals surface area contributed by atoms with Gasteiger partial charge in [0, 0.05) is 23.8 Å². The number of carbonyl (C=O) groups excluding carboxylic acids is 1. The van der Waals surface area contributed by atoms with E-state index in [4.69, 9.17) is 5.73 Å². The molecule has 2 N–H and O–H groups in total. The number of nitrogens with zero attached hydrogens (tertiary/aromatic N) is 1. The lowest BCUT2D eigenvalue weighted by Gasteiger charge is -2.18. The second kappa shape index (κ2) is 6.09. The predicted molar refractivity (Wildman–Crippen MR) is 85.5 cm³/mol. The van der Waals surface area contributed by atoms with Crippen LogP contribution in [0.4, 0.5) is 5.69 Å². The first kappa shape index (κ1) is 14.6. The van der Waals surface area contributed by atoms with E-state index >= 15 is 0 Å². The Balaban J connectivity index is 2.18. The largest absolute Gasteiger partial charge is 0.399 e. The first-order chi connectivity index (χ1) is 9.47. The molecule has 20 heavy (non-hydrogen) atoms. The van der Waals surface area contributed by atoms with E-state index in [1.165, 1.54) is 5.56 Å². The van der Waals surface area contributed by atoms with Crippen LogP contribution in [0.1, 0.15) is 21.5 Å². The summed E-state index contributed by atoms with van der Waals surface area (Å²) in [6, 6.07) is 13.4. The van der Waals surface area contributed by atoms with Crippen LogP contribution >= 0.6 is 15.9 Å². The standard InChI is InChI=1S/C16H17BrN2O/c1-11-4-3-5-12(8-11)10-19(2)16(20)14-9-13(18)6-7-15(14)17/h3-9H,10,18H2,1-2H3. The maximum atomic E-state index is 12.4. The Hall–Kier alpha value is -1.81. The third-order valence-electron chi connectivity index (χ3n) is 3.07. The Morgan fingerprint density at radius 2 is 2.00 bits per heavy atom. The molecule has 2 aromatic carbocycles. The van der Waals surface area contributed by atoms with E-state index in [-0.39, 0.29) is 5.91 Å². The Bertz CT molecular complexity index is 640. The summed E-state index contributed by atoms with van der Waals surface area (Å²) in [6.07, 6.45) is 0. The zero-order valence-corrected chi connectivity index (χ0v) is 13.1. The maximum Gasteiger partial charge on any atom is 0.255 e. The van der Waals surface area contributed by atoms with Crippen LogP contribution in [-0.2, 0) is 6.54 Å².